The van der Waals surface area contributed by atoms with Gasteiger partial charge in [0.15, 0.2) is 0 Å². The van der Waals surface area contributed by atoms with Gasteiger partial charge in [-0.1, -0.05) is 55.5 Å². The lowest BCUT2D eigenvalue weighted by Crippen LogP contribution is -2.30. The summed E-state index contributed by atoms with van der Waals surface area (Å²) in [6, 6.07) is 24.9. The van der Waals surface area contributed by atoms with E-state index in [4.69, 9.17) is 4.74 Å². The summed E-state index contributed by atoms with van der Waals surface area (Å²) in [5.41, 5.74) is 1.51. The molecular weight excluding hydrogens is 398 g/mol. The number of nitrogens with one attached hydrogen (secondary N) is 1. The van der Waals surface area contributed by atoms with Gasteiger partial charge in [0.2, 0.25) is 0 Å². The SMILES string of the molecule is C[C@H](Oc1ccccc1)[C@@H](O)C[C@H](C)c1ccc(NS(=O)(=O)c2ccccc2)cc1. The Balaban J connectivity index is 1.58. The van der Waals surface area contributed by atoms with Gasteiger partial charge >= 0.3 is 0 Å². The Bertz CT molecular complexity index is 1020. The second-order valence-electron chi connectivity index (χ2n) is 7.38. The number of para-hydroxylation sites is 1. The molecule has 3 rings (SSSR count). The molecule has 158 valence electrons. The van der Waals surface area contributed by atoms with E-state index in [1.54, 1.807) is 42.5 Å². The molecule has 0 aliphatic rings. The van der Waals surface area contributed by atoms with E-state index in [0.29, 0.717) is 12.1 Å². The minimum atomic E-state index is -3.61. The lowest BCUT2D eigenvalue weighted by Gasteiger charge is -2.23. The standard InChI is InChI=1S/C24H27NO4S/c1-18(17-24(26)19(2)29-22-9-5-3-6-10-22)20-13-15-21(16-14-20)25-30(27,28)23-11-7-4-8-12-23/h3-16,18-19,24-26H,17H2,1-2H3/t18-,19-,24-/m0/s1. The van der Waals surface area contributed by atoms with Crippen molar-refractivity contribution in [1.82, 2.24) is 0 Å². The Kier molecular flexibility index (Phi) is 7.13. The Morgan fingerprint density at radius 3 is 2.03 bits per heavy atom. The fraction of sp³-hybridized carbons (Fsp3) is 0.250. The van der Waals surface area contributed by atoms with Crippen LogP contribution in [0.15, 0.2) is 89.8 Å². The molecule has 0 aliphatic carbocycles. The van der Waals surface area contributed by atoms with Gasteiger partial charge in [0, 0.05) is 5.69 Å². The second kappa shape index (κ2) is 9.78. The molecule has 3 aromatic rings. The first-order valence-electron chi connectivity index (χ1n) is 9.93. The molecule has 3 aromatic carbocycles. The number of hydrogen-bond acceptors (Lipinski definition) is 4. The van der Waals surface area contributed by atoms with Gasteiger partial charge in [0.05, 0.1) is 11.0 Å². The number of hydrogen-bond donors (Lipinski definition) is 2. The first-order valence-corrected chi connectivity index (χ1v) is 11.4. The summed E-state index contributed by atoms with van der Waals surface area (Å²) in [6.45, 7) is 3.88. The summed E-state index contributed by atoms with van der Waals surface area (Å²) in [6.07, 6.45) is -0.438. The van der Waals surface area contributed by atoms with E-state index in [2.05, 4.69) is 4.72 Å². The molecule has 30 heavy (non-hydrogen) atoms. The van der Waals surface area contributed by atoms with E-state index in [0.717, 1.165) is 11.3 Å². The molecule has 0 unspecified atom stereocenters. The van der Waals surface area contributed by atoms with Crippen molar-refractivity contribution in [3.63, 3.8) is 0 Å². The van der Waals surface area contributed by atoms with Crippen LogP contribution in [0.4, 0.5) is 5.69 Å². The maximum atomic E-state index is 12.4. The van der Waals surface area contributed by atoms with Gasteiger partial charge in [-0.25, -0.2) is 8.42 Å². The van der Waals surface area contributed by atoms with Crippen LogP contribution in [0.2, 0.25) is 0 Å². The van der Waals surface area contributed by atoms with Gasteiger partial charge in [0.25, 0.3) is 10.0 Å². The maximum Gasteiger partial charge on any atom is 0.261 e. The zero-order valence-corrected chi connectivity index (χ0v) is 17.9. The minimum absolute atomic E-state index is 0.0848. The predicted molar refractivity (Wildman–Crippen MR) is 119 cm³/mol. The summed E-state index contributed by atoms with van der Waals surface area (Å²) in [7, 11) is -3.61. The molecule has 0 heterocycles. The minimum Gasteiger partial charge on any atom is -0.488 e. The third kappa shape index (κ3) is 5.84. The molecule has 6 heteroatoms. The summed E-state index contributed by atoms with van der Waals surface area (Å²) in [5.74, 6) is 0.813. The topological polar surface area (TPSA) is 75.6 Å². The molecule has 3 atom stereocenters. The lowest BCUT2D eigenvalue weighted by atomic mass is 9.93. The van der Waals surface area contributed by atoms with Gasteiger partial charge in [-0.3, -0.25) is 4.72 Å². The number of aliphatic hydroxyl groups excluding tert-OH is 1. The Morgan fingerprint density at radius 1 is 0.867 bits per heavy atom. The van der Waals surface area contributed by atoms with Crippen LogP contribution in [0.3, 0.4) is 0 Å². The molecule has 0 bridgehead atoms. The molecule has 0 aliphatic heterocycles. The molecule has 0 radical (unpaired) electrons. The molecule has 0 saturated carbocycles. The molecule has 0 spiro atoms. The smallest absolute Gasteiger partial charge is 0.261 e. The van der Waals surface area contributed by atoms with E-state index in [1.807, 2.05) is 56.3 Å². The van der Waals surface area contributed by atoms with E-state index in [9.17, 15) is 13.5 Å². The molecular formula is C24H27NO4S. The van der Waals surface area contributed by atoms with E-state index in [1.165, 1.54) is 0 Å². The number of anilines is 1. The third-order valence-electron chi connectivity index (χ3n) is 4.99. The number of benzene rings is 3. The van der Waals surface area contributed by atoms with Crippen molar-refractivity contribution in [2.45, 2.75) is 43.3 Å². The first kappa shape index (κ1) is 21.9. The summed E-state index contributed by atoms with van der Waals surface area (Å²) in [5, 5.41) is 10.5. The number of rotatable bonds is 9. The van der Waals surface area contributed by atoms with Crippen LogP contribution in [0, 0.1) is 0 Å². The highest BCUT2D eigenvalue weighted by Gasteiger charge is 2.20. The van der Waals surface area contributed by atoms with Crippen LogP contribution in [0.25, 0.3) is 0 Å². The van der Waals surface area contributed by atoms with Crippen molar-refractivity contribution in [2.75, 3.05) is 4.72 Å². The van der Waals surface area contributed by atoms with E-state index < -0.39 is 16.1 Å². The largest absolute Gasteiger partial charge is 0.488 e. The predicted octanol–water partition coefficient (Wildman–Crippen LogP) is 4.81. The van der Waals surface area contributed by atoms with Crippen molar-refractivity contribution < 1.29 is 18.3 Å². The molecule has 0 amide bonds. The lowest BCUT2D eigenvalue weighted by molar-refractivity contribution is 0.0379. The van der Waals surface area contributed by atoms with Gasteiger partial charge < -0.3 is 9.84 Å². The van der Waals surface area contributed by atoms with Crippen molar-refractivity contribution in [2.24, 2.45) is 0 Å². The van der Waals surface area contributed by atoms with E-state index in [-0.39, 0.29) is 16.9 Å². The summed E-state index contributed by atoms with van der Waals surface area (Å²) < 4.78 is 33.3. The average molecular weight is 426 g/mol. The van der Waals surface area contributed by atoms with Gasteiger partial charge in [-0.15, -0.1) is 0 Å². The quantitative estimate of drug-likeness (QED) is 0.516. The number of sulfonamides is 1. The van der Waals surface area contributed by atoms with Crippen LogP contribution >= 0.6 is 0 Å². The van der Waals surface area contributed by atoms with Gasteiger partial charge in [0.1, 0.15) is 11.9 Å². The highest BCUT2D eigenvalue weighted by molar-refractivity contribution is 7.92. The van der Waals surface area contributed by atoms with Gasteiger partial charge in [-0.05, 0) is 61.2 Å². The van der Waals surface area contributed by atoms with Crippen molar-refractivity contribution >= 4 is 15.7 Å². The van der Waals surface area contributed by atoms with Crippen molar-refractivity contribution in [3.05, 3.63) is 90.5 Å². The monoisotopic (exact) mass is 425 g/mol. The van der Waals surface area contributed by atoms with Crippen LogP contribution < -0.4 is 9.46 Å². The number of aliphatic hydroxyl groups is 1. The number of ether oxygens (including phenoxy) is 1. The fourth-order valence-electron chi connectivity index (χ4n) is 3.18. The molecule has 0 saturated heterocycles. The van der Waals surface area contributed by atoms with Crippen LogP contribution in [0.1, 0.15) is 31.7 Å². The highest BCUT2D eigenvalue weighted by Crippen LogP contribution is 2.25. The highest BCUT2D eigenvalue weighted by atomic mass is 32.2. The third-order valence-corrected chi connectivity index (χ3v) is 6.38. The normalized spacial score (nSPS) is 14.5. The van der Waals surface area contributed by atoms with Crippen LogP contribution in [0.5, 0.6) is 5.75 Å². The van der Waals surface area contributed by atoms with E-state index >= 15 is 0 Å². The Labute approximate surface area is 178 Å². The summed E-state index contributed by atoms with van der Waals surface area (Å²) >= 11 is 0. The molecule has 0 fully saturated rings. The second-order valence-corrected chi connectivity index (χ2v) is 9.06. The zero-order chi connectivity index (χ0) is 21.6. The summed E-state index contributed by atoms with van der Waals surface area (Å²) in [4.78, 5) is 0.220. The first-order chi connectivity index (χ1) is 14.3. The van der Waals surface area contributed by atoms with Crippen LogP contribution in [-0.2, 0) is 10.0 Å². The maximum absolute atomic E-state index is 12.4. The van der Waals surface area contributed by atoms with Gasteiger partial charge in [-0.2, -0.15) is 0 Å². The molecule has 5 nitrogen and oxygen atoms in total. The molecule has 0 aromatic heterocycles. The van der Waals surface area contributed by atoms with Crippen molar-refractivity contribution in [1.29, 1.82) is 0 Å². The average Bonchev–Trinajstić information content (AvgIpc) is 2.75. The zero-order valence-electron chi connectivity index (χ0n) is 17.1. The molecule has 2 N–H and O–H groups in total. The fourth-order valence-corrected chi connectivity index (χ4v) is 4.26. The van der Waals surface area contributed by atoms with Crippen molar-refractivity contribution in [3.8, 4) is 5.75 Å². The van der Waals surface area contributed by atoms with Crippen LogP contribution in [-0.4, -0.2) is 25.7 Å². The Morgan fingerprint density at radius 2 is 1.43 bits per heavy atom. The Hall–Kier alpha value is -2.83.